The Morgan fingerprint density at radius 2 is 2.12 bits per heavy atom. The number of nitrogens with two attached hydrogens (primary N) is 1. The Labute approximate surface area is 97.6 Å². The van der Waals surface area contributed by atoms with E-state index >= 15 is 0 Å². The van der Waals surface area contributed by atoms with Crippen LogP contribution in [0, 0.1) is 0 Å². The van der Waals surface area contributed by atoms with Gasteiger partial charge in [0.15, 0.2) is 0 Å². The third kappa shape index (κ3) is 2.30. The van der Waals surface area contributed by atoms with Crippen LogP contribution in [0.4, 0.5) is 0 Å². The van der Waals surface area contributed by atoms with Crippen LogP contribution in [0.25, 0.3) is 0 Å². The van der Waals surface area contributed by atoms with Crippen molar-refractivity contribution >= 4 is 0 Å². The van der Waals surface area contributed by atoms with Crippen molar-refractivity contribution in [1.29, 1.82) is 0 Å². The van der Waals surface area contributed by atoms with Crippen LogP contribution >= 0.6 is 0 Å². The maximum atomic E-state index is 5.67. The van der Waals surface area contributed by atoms with E-state index in [1.165, 1.54) is 19.3 Å². The van der Waals surface area contributed by atoms with Gasteiger partial charge >= 0.3 is 0 Å². The Morgan fingerprint density at radius 1 is 1.38 bits per heavy atom. The van der Waals surface area contributed by atoms with Crippen molar-refractivity contribution in [2.24, 2.45) is 5.73 Å². The Bertz CT molecular complexity index is 334. The molecule has 3 heteroatoms. The Morgan fingerprint density at radius 3 is 2.75 bits per heavy atom. The number of furan rings is 1. The Hall–Kier alpha value is -0.800. The highest BCUT2D eigenvalue weighted by Crippen LogP contribution is 2.28. The fourth-order valence-electron chi connectivity index (χ4n) is 2.65. The minimum absolute atomic E-state index is 0.493. The summed E-state index contributed by atoms with van der Waals surface area (Å²) in [5.41, 5.74) is 5.54. The molecule has 2 N–H and O–H groups in total. The second-order valence-electron chi connectivity index (χ2n) is 4.73. The molecule has 1 fully saturated rings. The summed E-state index contributed by atoms with van der Waals surface area (Å²) in [6.45, 7) is 6.00. The number of rotatable bonds is 4. The van der Waals surface area contributed by atoms with Gasteiger partial charge in [-0.1, -0.05) is 6.92 Å². The monoisotopic (exact) mass is 222 g/mol. The lowest BCUT2D eigenvalue weighted by Gasteiger charge is -2.26. The molecule has 1 aromatic rings. The summed E-state index contributed by atoms with van der Waals surface area (Å²) in [6.07, 6.45) is 3.86. The molecule has 0 aromatic carbocycles. The van der Waals surface area contributed by atoms with E-state index < -0.39 is 0 Å². The SMILES string of the molecule is CCC1CCC(C)N1Cc1ccc(CN)o1. The molecule has 90 valence electrons. The highest BCUT2D eigenvalue weighted by atomic mass is 16.3. The summed E-state index contributed by atoms with van der Waals surface area (Å²) in [4.78, 5) is 2.55. The minimum atomic E-state index is 0.493. The van der Waals surface area contributed by atoms with Crippen LogP contribution in [0.2, 0.25) is 0 Å². The van der Waals surface area contributed by atoms with Crippen molar-refractivity contribution in [3.8, 4) is 0 Å². The lowest BCUT2D eigenvalue weighted by Crippen LogP contribution is -2.33. The lowest BCUT2D eigenvalue weighted by molar-refractivity contribution is 0.174. The maximum absolute atomic E-state index is 5.67. The van der Waals surface area contributed by atoms with E-state index in [0.29, 0.717) is 12.6 Å². The second kappa shape index (κ2) is 5.02. The summed E-state index contributed by atoms with van der Waals surface area (Å²) in [6, 6.07) is 5.44. The Balaban J connectivity index is 2.02. The van der Waals surface area contributed by atoms with E-state index in [9.17, 15) is 0 Å². The first-order valence-electron chi connectivity index (χ1n) is 6.28. The van der Waals surface area contributed by atoms with Crippen LogP contribution in [0.5, 0.6) is 0 Å². The first-order valence-corrected chi connectivity index (χ1v) is 6.28. The normalized spacial score (nSPS) is 26.4. The average Bonchev–Trinajstić information content (AvgIpc) is 2.88. The van der Waals surface area contributed by atoms with Crippen LogP contribution in [-0.2, 0) is 13.1 Å². The van der Waals surface area contributed by atoms with Crippen molar-refractivity contribution in [3.05, 3.63) is 23.7 Å². The molecule has 0 aliphatic carbocycles. The molecule has 0 radical (unpaired) electrons. The van der Waals surface area contributed by atoms with Gasteiger partial charge in [0.2, 0.25) is 0 Å². The topological polar surface area (TPSA) is 42.4 Å². The van der Waals surface area contributed by atoms with Gasteiger partial charge in [0.05, 0.1) is 13.1 Å². The van der Waals surface area contributed by atoms with Gasteiger partial charge in [-0.2, -0.15) is 0 Å². The van der Waals surface area contributed by atoms with Crippen molar-refractivity contribution in [2.45, 2.75) is 58.3 Å². The van der Waals surface area contributed by atoms with Gasteiger partial charge in [-0.05, 0) is 38.3 Å². The molecule has 1 aliphatic heterocycles. The highest BCUT2D eigenvalue weighted by molar-refractivity contribution is 5.07. The van der Waals surface area contributed by atoms with E-state index in [1.807, 2.05) is 6.07 Å². The van der Waals surface area contributed by atoms with Crippen molar-refractivity contribution in [1.82, 2.24) is 4.90 Å². The van der Waals surface area contributed by atoms with Crippen LogP contribution in [0.1, 0.15) is 44.6 Å². The predicted octanol–water partition coefficient (Wildman–Crippen LogP) is 2.50. The largest absolute Gasteiger partial charge is 0.463 e. The van der Waals surface area contributed by atoms with Gasteiger partial charge in [0.1, 0.15) is 11.5 Å². The van der Waals surface area contributed by atoms with E-state index in [2.05, 4.69) is 24.8 Å². The molecule has 0 spiro atoms. The summed E-state index contributed by atoms with van der Waals surface area (Å²) < 4.78 is 5.67. The quantitative estimate of drug-likeness (QED) is 0.851. The molecule has 2 unspecified atom stereocenters. The summed E-state index contributed by atoms with van der Waals surface area (Å²) in [5.74, 6) is 1.93. The van der Waals surface area contributed by atoms with E-state index in [-0.39, 0.29) is 0 Å². The van der Waals surface area contributed by atoms with Crippen molar-refractivity contribution < 1.29 is 4.42 Å². The van der Waals surface area contributed by atoms with E-state index in [1.54, 1.807) is 0 Å². The first kappa shape index (κ1) is 11.7. The van der Waals surface area contributed by atoms with Crippen LogP contribution in [-0.4, -0.2) is 17.0 Å². The molecule has 3 nitrogen and oxygen atoms in total. The molecule has 2 heterocycles. The van der Waals surface area contributed by atoms with E-state index in [4.69, 9.17) is 10.2 Å². The van der Waals surface area contributed by atoms with Gasteiger partial charge in [0, 0.05) is 12.1 Å². The Kier molecular flexibility index (Phi) is 3.66. The maximum Gasteiger partial charge on any atom is 0.118 e. The lowest BCUT2D eigenvalue weighted by atomic mass is 10.1. The molecular formula is C13H22N2O. The fourth-order valence-corrected chi connectivity index (χ4v) is 2.65. The summed E-state index contributed by atoms with van der Waals surface area (Å²) in [5, 5.41) is 0. The molecular weight excluding hydrogens is 200 g/mol. The molecule has 0 bridgehead atoms. The van der Waals surface area contributed by atoms with Gasteiger partial charge in [-0.25, -0.2) is 0 Å². The zero-order chi connectivity index (χ0) is 11.5. The third-order valence-corrected chi connectivity index (χ3v) is 3.68. The molecule has 1 aromatic heterocycles. The number of likely N-dealkylation sites (tertiary alicyclic amines) is 1. The molecule has 2 rings (SSSR count). The average molecular weight is 222 g/mol. The molecule has 2 atom stereocenters. The van der Waals surface area contributed by atoms with Gasteiger partial charge < -0.3 is 10.2 Å². The first-order chi connectivity index (χ1) is 7.74. The van der Waals surface area contributed by atoms with Gasteiger partial charge in [-0.15, -0.1) is 0 Å². The molecule has 0 amide bonds. The zero-order valence-corrected chi connectivity index (χ0v) is 10.3. The highest BCUT2D eigenvalue weighted by Gasteiger charge is 2.29. The second-order valence-corrected chi connectivity index (χ2v) is 4.73. The molecule has 0 saturated carbocycles. The minimum Gasteiger partial charge on any atom is -0.463 e. The number of hydrogen-bond acceptors (Lipinski definition) is 3. The standard InChI is InChI=1S/C13H22N2O/c1-3-11-5-4-10(2)15(11)9-13-7-6-12(8-14)16-13/h6-7,10-11H,3-5,8-9,14H2,1-2H3. The number of hydrogen-bond donors (Lipinski definition) is 1. The van der Waals surface area contributed by atoms with Crippen LogP contribution in [0.15, 0.2) is 16.5 Å². The number of nitrogens with zero attached hydrogens (tertiary/aromatic N) is 1. The fraction of sp³-hybridized carbons (Fsp3) is 0.692. The summed E-state index contributed by atoms with van der Waals surface area (Å²) >= 11 is 0. The van der Waals surface area contributed by atoms with Gasteiger partial charge in [-0.3, -0.25) is 4.90 Å². The molecule has 1 aliphatic rings. The summed E-state index contributed by atoms with van der Waals surface area (Å²) in [7, 11) is 0. The third-order valence-electron chi connectivity index (χ3n) is 3.68. The zero-order valence-electron chi connectivity index (χ0n) is 10.3. The van der Waals surface area contributed by atoms with E-state index in [0.717, 1.165) is 24.1 Å². The van der Waals surface area contributed by atoms with Crippen LogP contribution in [0.3, 0.4) is 0 Å². The van der Waals surface area contributed by atoms with Crippen molar-refractivity contribution in [3.63, 3.8) is 0 Å². The van der Waals surface area contributed by atoms with Crippen molar-refractivity contribution in [2.75, 3.05) is 0 Å². The smallest absolute Gasteiger partial charge is 0.118 e. The van der Waals surface area contributed by atoms with Crippen LogP contribution < -0.4 is 5.73 Å². The predicted molar refractivity (Wildman–Crippen MR) is 64.9 cm³/mol. The molecule has 1 saturated heterocycles. The van der Waals surface area contributed by atoms with Gasteiger partial charge in [0.25, 0.3) is 0 Å². The molecule has 16 heavy (non-hydrogen) atoms.